The molecule has 0 saturated carbocycles. The number of esters is 1. The average Bonchev–Trinajstić information content (AvgIpc) is 2.93. The Labute approximate surface area is 123 Å². The molecule has 0 aliphatic heterocycles. The highest BCUT2D eigenvalue weighted by Gasteiger charge is 2.19. The van der Waals surface area contributed by atoms with Gasteiger partial charge in [0.1, 0.15) is 12.3 Å². The van der Waals surface area contributed by atoms with Crippen molar-refractivity contribution in [3.05, 3.63) is 28.0 Å². The Kier molecular flexibility index (Phi) is 7.18. The topological polar surface area (TPSA) is 55.4 Å². The van der Waals surface area contributed by atoms with Gasteiger partial charge in [0, 0.05) is 17.0 Å². The minimum absolute atomic E-state index is 0.292. The number of hydrogen-bond donors (Lipinski definition) is 1. The molecule has 4 nitrogen and oxygen atoms in total. The predicted octanol–water partition coefficient (Wildman–Crippen LogP) is 2.51. The highest BCUT2D eigenvalue weighted by Crippen LogP contribution is 2.13. The summed E-state index contributed by atoms with van der Waals surface area (Å²) in [6.45, 7) is 4.44. The molecule has 110 valence electrons. The Hall–Kier alpha value is -1.46. The summed E-state index contributed by atoms with van der Waals surface area (Å²) in [4.78, 5) is 23.8. The van der Waals surface area contributed by atoms with Crippen LogP contribution in [0.3, 0.4) is 0 Å². The molecule has 20 heavy (non-hydrogen) atoms. The lowest BCUT2D eigenvalue weighted by Crippen LogP contribution is -2.39. The smallest absolute Gasteiger partial charge is 0.322 e. The van der Waals surface area contributed by atoms with E-state index in [0.717, 1.165) is 11.2 Å². The van der Waals surface area contributed by atoms with E-state index in [0.29, 0.717) is 24.5 Å². The number of carbonyl (C=O) groups is 2. The summed E-state index contributed by atoms with van der Waals surface area (Å²) in [6, 6.07) is 3.49. The highest BCUT2D eigenvalue weighted by molar-refractivity contribution is 7.10. The number of carbonyl (C=O) groups excluding carboxylic acids is 2. The maximum atomic E-state index is 11.7. The van der Waals surface area contributed by atoms with Crippen molar-refractivity contribution in [2.45, 2.75) is 26.3 Å². The molecule has 0 aliphatic carbocycles. The van der Waals surface area contributed by atoms with E-state index in [1.165, 1.54) is 7.11 Å². The summed E-state index contributed by atoms with van der Waals surface area (Å²) in [5.41, 5.74) is 0.616. The van der Waals surface area contributed by atoms with Gasteiger partial charge in [0.15, 0.2) is 0 Å². The van der Waals surface area contributed by atoms with Crippen molar-refractivity contribution in [2.24, 2.45) is 5.92 Å². The number of methoxy groups -OCH3 is 1. The first-order chi connectivity index (χ1) is 9.56. The van der Waals surface area contributed by atoms with Crippen LogP contribution in [0.1, 0.15) is 25.1 Å². The third-order valence-corrected chi connectivity index (χ3v) is 3.59. The van der Waals surface area contributed by atoms with E-state index >= 15 is 0 Å². The van der Waals surface area contributed by atoms with Gasteiger partial charge in [-0.05, 0) is 29.9 Å². The van der Waals surface area contributed by atoms with E-state index in [4.69, 9.17) is 4.74 Å². The van der Waals surface area contributed by atoms with Crippen LogP contribution >= 0.6 is 11.3 Å². The van der Waals surface area contributed by atoms with Crippen molar-refractivity contribution in [1.82, 2.24) is 5.32 Å². The number of ether oxygens (including phenoxy) is 1. The van der Waals surface area contributed by atoms with Gasteiger partial charge in [-0.3, -0.25) is 9.59 Å². The van der Waals surface area contributed by atoms with Crippen molar-refractivity contribution < 1.29 is 14.3 Å². The van der Waals surface area contributed by atoms with Gasteiger partial charge in [-0.15, -0.1) is 11.3 Å². The largest absolute Gasteiger partial charge is 0.468 e. The molecule has 0 aromatic carbocycles. The normalized spacial score (nSPS) is 13.3. The Balaban J connectivity index is 2.64. The summed E-state index contributed by atoms with van der Waals surface area (Å²) in [6.07, 6.45) is 3.32. The average molecular weight is 295 g/mol. The van der Waals surface area contributed by atoms with Gasteiger partial charge in [-0.1, -0.05) is 19.9 Å². The van der Waals surface area contributed by atoms with Crippen LogP contribution in [-0.2, 0) is 14.3 Å². The van der Waals surface area contributed by atoms with Crippen LogP contribution in [0.25, 0.3) is 6.08 Å². The van der Waals surface area contributed by atoms with E-state index in [1.807, 2.05) is 37.4 Å². The van der Waals surface area contributed by atoms with E-state index in [1.54, 1.807) is 11.3 Å². The predicted molar refractivity (Wildman–Crippen MR) is 81.6 cm³/mol. The van der Waals surface area contributed by atoms with Crippen molar-refractivity contribution in [3.8, 4) is 0 Å². The van der Waals surface area contributed by atoms with E-state index < -0.39 is 0 Å². The first kappa shape index (κ1) is 16.6. The third kappa shape index (κ3) is 5.67. The van der Waals surface area contributed by atoms with Crippen LogP contribution in [0.15, 0.2) is 23.1 Å². The lowest BCUT2D eigenvalue weighted by Gasteiger charge is -2.18. The monoisotopic (exact) mass is 295 g/mol. The van der Waals surface area contributed by atoms with Crippen molar-refractivity contribution in [1.29, 1.82) is 0 Å². The standard InChI is InChI=1S/C15H21NO3S/c1-11(2)7-14(15(18)19-3)16-9-12(10-17)8-13-5-4-6-20-13/h4-6,8,10-11,14,16H,7,9H2,1-3H3/b12-8-/t14-/m1/s1. The first-order valence-corrected chi connectivity index (χ1v) is 7.45. The van der Waals surface area contributed by atoms with E-state index in [-0.39, 0.29) is 12.0 Å². The first-order valence-electron chi connectivity index (χ1n) is 6.57. The molecule has 0 radical (unpaired) electrons. The minimum atomic E-state index is -0.383. The maximum absolute atomic E-state index is 11.7. The van der Waals surface area contributed by atoms with Crippen LogP contribution in [0.5, 0.6) is 0 Å². The molecule has 0 aliphatic rings. The second kappa shape index (κ2) is 8.66. The highest BCUT2D eigenvalue weighted by atomic mass is 32.1. The molecule has 1 rings (SSSR count). The SMILES string of the molecule is COC(=O)[C@@H](CC(C)C)NC/C(C=O)=C/c1cccs1. The van der Waals surface area contributed by atoms with E-state index in [9.17, 15) is 9.59 Å². The van der Waals surface area contributed by atoms with Gasteiger partial charge in [0.05, 0.1) is 7.11 Å². The van der Waals surface area contributed by atoms with Gasteiger partial charge in [-0.25, -0.2) is 0 Å². The zero-order valence-corrected chi connectivity index (χ0v) is 12.9. The Morgan fingerprint density at radius 2 is 2.25 bits per heavy atom. The molecule has 1 aromatic heterocycles. The molecule has 0 saturated heterocycles. The van der Waals surface area contributed by atoms with Gasteiger partial charge >= 0.3 is 5.97 Å². The molecule has 5 heteroatoms. The fourth-order valence-electron chi connectivity index (χ4n) is 1.80. The number of rotatable bonds is 8. The molecule has 1 N–H and O–H groups in total. The molecule has 0 bridgehead atoms. The van der Waals surface area contributed by atoms with Crippen LogP contribution in [0.4, 0.5) is 0 Å². The molecule has 0 unspecified atom stereocenters. The maximum Gasteiger partial charge on any atom is 0.322 e. The van der Waals surface area contributed by atoms with Crippen LogP contribution < -0.4 is 5.32 Å². The molecule has 0 amide bonds. The zero-order valence-electron chi connectivity index (χ0n) is 12.1. The number of aldehydes is 1. The quantitative estimate of drug-likeness (QED) is 0.455. The number of nitrogens with one attached hydrogen (secondary N) is 1. The third-order valence-electron chi connectivity index (χ3n) is 2.77. The summed E-state index contributed by atoms with van der Waals surface area (Å²) in [5.74, 6) is 0.0765. The van der Waals surface area contributed by atoms with Crippen molar-refractivity contribution in [2.75, 3.05) is 13.7 Å². The summed E-state index contributed by atoms with van der Waals surface area (Å²) >= 11 is 1.57. The summed E-state index contributed by atoms with van der Waals surface area (Å²) < 4.78 is 4.78. The van der Waals surface area contributed by atoms with Gasteiger partial charge in [-0.2, -0.15) is 0 Å². The molecule has 1 heterocycles. The second-order valence-corrected chi connectivity index (χ2v) is 5.92. The number of thiophene rings is 1. The van der Waals surface area contributed by atoms with Gasteiger partial charge < -0.3 is 10.1 Å². The Morgan fingerprint density at radius 1 is 1.50 bits per heavy atom. The molecule has 1 atom stereocenters. The number of hydrogen-bond acceptors (Lipinski definition) is 5. The molecule has 0 spiro atoms. The summed E-state index contributed by atoms with van der Waals surface area (Å²) in [7, 11) is 1.37. The molecule has 0 fully saturated rings. The van der Waals surface area contributed by atoms with Gasteiger partial charge in [0.25, 0.3) is 0 Å². The lowest BCUT2D eigenvalue weighted by molar-refractivity contribution is -0.143. The fraction of sp³-hybridized carbons (Fsp3) is 0.467. The minimum Gasteiger partial charge on any atom is -0.468 e. The molecule has 1 aromatic rings. The molecular formula is C15H21NO3S. The van der Waals surface area contributed by atoms with E-state index in [2.05, 4.69) is 5.32 Å². The molecular weight excluding hydrogens is 274 g/mol. The second-order valence-electron chi connectivity index (χ2n) is 4.94. The van der Waals surface area contributed by atoms with Crippen LogP contribution in [-0.4, -0.2) is 32.0 Å². The fourth-order valence-corrected chi connectivity index (χ4v) is 2.49. The van der Waals surface area contributed by atoms with Gasteiger partial charge in [0.2, 0.25) is 0 Å². The van der Waals surface area contributed by atoms with Crippen LogP contribution in [0.2, 0.25) is 0 Å². The van der Waals surface area contributed by atoms with Crippen LogP contribution in [0, 0.1) is 5.92 Å². The zero-order chi connectivity index (χ0) is 15.0. The Bertz CT molecular complexity index is 452. The lowest BCUT2D eigenvalue weighted by atomic mass is 10.0. The van der Waals surface area contributed by atoms with Crippen molar-refractivity contribution >= 4 is 29.7 Å². The summed E-state index contributed by atoms with van der Waals surface area (Å²) in [5, 5.41) is 5.05. The van der Waals surface area contributed by atoms with Crippen molar-refractivity contribution in [3.63, 3.8) is 0 Å². The Morgan fingerprint density at radius 3 is 2.75 bits per heavy atom.